The van der Waals surface area contributed by atoms with E-state index in [1.807, 2.05) is 0 Å². The van der Waals surface area contributed by atoms with Crippen molar-refractivity contribution in [3.8, 4) is 0 Å². The molecule has 2 atom stereocenters. The Labute approximate surface area is 91.5 Å². The number of fused-ring (bicyclic) bond motifs is 1. The summed E-state index contributed by atoms with van der Waals surface area (Å²) in [6, 6.07) is -0.404. The van der Waals surface area contributed by atoms with Gasteiger partial charge in [-0.2, -0.15) is 0 Å². The molecule has 5 nitrogen and oxygen atoms in total. The van der Waals surface area contributed by atoms with Crippen molar-refractivity contribution < 1.29 is 5.11 Å². The number of aromatic nitrogens is 3. The Morgan fingerprint density at radius 3 is 2.93 bits per heavy atom. The highest BCUT2D eigenvalue weighted by Gasteiger charge is 2.18. The van der Waals surface area contributed by atoms with Gasteiger partial charge < -0.3 is 10.8 Å². The Morgan fingerprint density at radius 1 is 1.53 bits per heavy atom. The number of nitrogens with zero attached hydrogens (tertiary/aromatic N) is 3. The van der Waals surface area contributed by atoms with E-state index in [9.17, 15) is 5.11 Å². The van der Waals surface area contributed by atoms with E-state index in [0.717, 1.165) is 0 Å². The summed E-state index contributed by atoms with van der Waals surface area (Å²) < 4.78 is 1.65. The van der Waals surface area contributed by atoms with Gasteiger partial charge in [0.15, 0.2) is 5.65 Å². The fourth-order valence-electron chi connectivity index (χ4n) is 1.37. The Hall–Kier alpha value is -1.17. The van der Waals surface area contributed by atoms with Gasteiger partial charge in [-0.3, -0.25) is 9.38 Å². The first-order valence-corrected chi connectivity index (χ1v) is 4.90. The van der Waals surface area contributed by atoms with Gasteiger partial charge in [0, 0.05) is 18.4 Å². The molecule has 2 unspecified atom stereocenters. The number of rotatable bonds is 2. The molecule has 2 aromatic heterocycles. The van der Waals surface area contributed by atoms with Gasteiger partial charge >= 0.3 is 0 Å². The summed E-state index contributed by atoms with van der Waals surface area (Å²) >= 11 is 5.89. The molecular formula is C9H11ClN4O. The van der Waals surface area contributed by atoms with Crippen LogP contribution in [-0.2, 0) is 0 Å². The van der Waals surface area contributed by atoms with Crippen molar-refractivity contribution in [1.82, 2.24) is 14.4 Å². The van der Waals surface area contributed by atoms with E-state index in [1.54, 1.807) is 23.7 Å². The first-order chi connectivity index (χ1) is 7.11. The second-order valence-corrected chi connectivity index (χ2v) is 3.78. The second kappa shape index (κ2) is 3.77. The van der Waals surface area contributed by atoms with E-state index in [0.29, 0.717) is 16.5 Å². The molecule has 15 heavy (non-hydrogen) atoms. The van der Waals surface area contributed by atoms with Crippen LogP contribution < -0.4 is 5.73 Å². The number of aliphatic hydroxyl groups excluding tert-OH is 1. The summed E-state index contributed by atoms with van der Waals surface area (Å²) in [5.41, 5.74) is 6.58. The highest BCUT2D eigenvalue weighted by molar-refractivity contribution is 6.29. The third kappa shape index (κ3) is 1.69. The molecule has 0 aliphatic carbocycles. The SMILES string of the molecule is CC(N)C(O)c1nccn2c(Cl)cnc12. The summed E-state index contributed by atoms with van der Waals surface area (Å²) in [4.78, 5) is 8.14. The van der Waals surface area contributed by atoms with Gasteiger partial charge in [-0.1, -0.05) is 11.6 Å². The molecule has 0 saturated carbocycles. The van der Waals surface area contributed by atoms with Gasteiger partial charge in [-0.05, 0) is 6.92 Å². The maximum Gasteiger partial charge on any atom is 0.162 e. The lowest BCUT2D eigenvalue weighted by Crippen LogP contribution is -2.25. The Morgan fingerprint density at radius 2 is 2.27 bits per heavy atom. The molecular weight excluding hydrogens is 216 g/mol. The van der Waals surface area contributed by atoms with Crippen molar-refractivity contribution in [2.75, 3.05) is 0 Å². The van der Waals surface area contributed by atoms with Crippen LogP contribution in [0.2, 0.25) is 5.15 Å². The third-order valence-electron chi connectivity index (χ3n) is 2.19. The highest BCUT2D eigenvalue weighted by atomic mass is 35.5. The number of nitrogens with two attached hydrogens (primary N) is 1. The van der Waals surface area contributed by atoms with Crippen LogP contribution in [-0.4, -0.2) is 25.5 Å². The standard InChI is InChI=1S/C9H11ClN4O/c1-5(11)8(15)7-9-13-4-6(10)14(9)3-2-12-7/h2-5,8,15H,11H2,1H3. The molecule has 2 aromatic rings. The molecule has 0 bridgehead atoms. The molecule has 0 radical (unpaired) electrons. The molecule has 0 aliphatic rings. The van der Waals surface area contributed by atoms with Crippen molar-refractivity contribution in [1.29, 1.82) is 0 Å². The summed E-state index contributed by atoms with van der Waals surface area (Å²) in [7, 11) is 0. The number of imidazole rings is 1. The van der Waals surface area contributed by atoms with Gasteiger partial charge in [0.05, 0.1) is 6.20 Å². The number of hydrogen-bond acceptors (Lipinski definition) is 4. The molecule has 3 N–H and O–H groups in total. The summed E-state index contributed by atoms with van der Waals surface area (Å²) in [6.45, 7) is 1.71. The van der Waals surface area contributed by atoms with E-state index in [4.69, 9.17) is 17.3 Å². The second-order valence-electron chi connectivity index (χ2n) is 3.39. The summed E-state index contributed by atoms with van der Waals surface area (Å²) in [6.07, 6.45) is 3.91. The molecule has 0 amide bonds. The highest BCUT2D eigenvalue weighted by Crippen LogP contribution is 2.20. The molecule has 0 aliphatic heterocycles. The topological polar surface area (TPSA) is 76.4 Å². The molecule has 2 rings (SSSR count). The maximum absolute atomic E-state index is 9.82. The van der Waals surface area contributed by atoms with Gasteiger partial charge in [-0.15, -0.1) is 0 Å². The van der Waals surface area contributed by atoms with Crippen LogP contribution in [0.3, 0.4) is 0 Å². The minimum atomic E-state index is -0.841. The minimum absolute atomic E-state index is 0.404. The monoisotopic (exact) mass is 226 g/mol. The van der Waals surface area contributed by atoms with Crippen LogP contribution >= 0.6 is 11.6 Å². The van der Waals surface area contributed by atoms with Gasteiger partial charge in [0.1, 0.15) is 17.0 Å². The quantitative estimate of drug-likeness (QED) is 0.793. The van der Waals surface area contributed by atoms with Crippen molar-refractivity contribution in [3.63, 3.8) is 0 Å². The Bertz CT molecular complexity index is 482. The third-order valence-corrected chi connectivity index (χ3v) is 2.47. The fraction of sp³-hybridized carbons (Fsp3) is 0.333. The Kier molecular flexibility index (Phi) is 2.60. The van der Waals surface area contributed by atoms with Crippen molar-refractivity contribution >= 4 is 17.2 Å². The average molecular weight is 227 g/mol. The van der Waals surface area contributed by atoms with Crippen molar-refractivity contribution in [2.24, 2.45) is 5.73 Å². The van der Waals surface area contributed by atoms with Crippen molar-refractivity contribution in [3.05, 3.63) is 29.4 Å². The van der Waals surface area contributed by atoms with E-state index in [2.05, 4.69) is 9.97 Å². The lowest BCUT2D eigenvalue weighted by atomic mass is 10.1. The molecule has 6 heteroatoms. The largest absolute Gasteiger partial charge is 0.385 e. The van der Waals surface area contributed by atoms with E-state index in [-0.39, 0.29) is 0 Å². The molecule has 0 aromatic carbocycles. The first-order valence-electron chi connectivity index (χ1n) is 4.52. The molecule has 0 spiro atoms. The smallest absolute Gasteiger partial charge is 0.162 e. The van der Waals surface area contributed by atoms with E-state index < -0.39 is 12.1 Å². The predicted molar refractivity (Wildman–Crippen MR) is 56.6 cm³/mol. The number of hydrogen-bond donors (Lipinski definition) is 2. The van der Waals surface area contributed by atoms with E-state index >= 15 is 0 Å². The Balaban J connectivity index is 2.61. The van der Waals surface area contributed by atoms with Crippen molar-refractivity contribution in [2.45, 2.75) is 19.1 Å². The van der Waals surface area contributed by atoms with Crippen LogP contribution in [0.5, 0.6) is 0 Å². The zero-order chi connectivity index (χ0) is 11.0. The zero-order valence-corrected chi connectivity index (χ0v) is 8.89. The minimum Gasteiger partial charge on any atom is -0.385 e. The normalized spacial score (nSPS) is 15.5. The number of halogens is 1. The van der Waals surface area contributed by atoms with Gasteiger partial charge in [0.25, 0.3) is 0 Å². The molecule has 2 heterocycles. The predicted octanol–water partition coefficient (Wildman–Crippen LogP) is 0.763. The van der Waals surface area contributed by atoms with Crippen LogP contribution in [0.4, 0.5) is 0 Å². The number of aliphatic hydroxyl groups is 1. The van der Waals surface area contributed by atoms with Crippen LogP contribution in [0.1, 0.15) is 18.7 Å². The average Bonchev–Trinajstić information content (AvgIpc) is 2.59. The summed E-state index contributed by atoms with van der Waals surface area (Å²) in [5.74, 6) is 0. The molecule has 0 saturated heterocycles. The lowest BCUT2D eigenvalue weighted by Gasteiger charge is -2.14. The maximum atomic E-state index is 9.82. The van der Waals surface area contributed by atoms with Crippen LogP contribution in [0.15, 0.2) is 18.6 Å². The van der Waals surface area contributed by atoms with Crippen LogP contribution in [0.25, 0.3) is 5.65 Å². The van der Waals surface area contributed by atoms with Gasteiger partial charge in [-0.25, -0.2) is 4.98 Å². The zero-order valence-electron chi connectivity index (χ0n) is 8.13. The van der Waals surface area contributed by atoms with E-state index in [1.165, 1.54) is 6.20 Å². The lowest BCUT2D eigenvalue weighted by molar-refractivity contribution is 0.150. The molecule has 80 valence electrons. The summed E-state index contributed by atoms with van der Waals surface area (Å²) in [5, 5.41) is 10.3. The fourth-order valence-corrected chi connectivity index (χ4v) is 1.55. The van der Waals surface area contributed by atoms with Crippen LogP contribution in [0, 0.1) is 0 Å². The molecule has 0 fully saturated rings. The first kappa shape index (κ1) is 10.4. The van der Waals surface area contributed by atoms with Gasteiger partial charge in [0.2, 0.25) is 0 Å².